The molecule has 0 unspecified atom stereocenters. The zero-order chi connectivity index (χ0) is 21.2. The Balaban J connectivity index is 1.94. The zero-order valence-corrected chi connectivity index (χ0v) is 17.7. The summed E-state index contributed by atoms with van der Waals surface area (Å²) in [6, 6.07) is 6.29. The van der Waals surface area contributed by atoms with E-state index in [1.165, 1.54) is 12.1 Å². The van der Waals surface area contributed by atoms with Gasteiger partial charge in [0, 0.05) is 17.0 Å². The molecule has 0 saturated carbocycles. The van der Waals surface area contributed by atoms with E-state index in [0.29, 0.717) is 5.46 Å². The highest BCUT2D eigenvalue weighted by molar-refractivity contribution is 7.91. The number of nitrogens with one attached hydrogen (secondary N) is 1. The lowest BCUT2D eigenvalue weighted by atomic mass is 9.79. The van der Waals surface area contributed by atoms with Crippen LogP contribution >= 0.6 is 0 Å². The van der Waals surface area contributed by atoms with Gasteiger partial charge >= 0.3 is 7.12 Å². The molecular formula is C20H22BFN2O4S. The Morgan fingerprint density at radius 2 is 1.66 bits per heavy atom. The van der Waals surface area contributed by atoms with Crippen LogP contribution in [-0.2, 0) is 19.1 Å². The minimum atomic E-state index is -4.14. The van der Waals surface area contributed by atoms with E-state index in [9.17, 15) is 12.8 Å². The summed E-state index contributed by atoms with van der Waals surface area (Å²) in [6.07, 6.45) is 2.47. The fourth-order valence-corrected chi connectivity index (χ4v) is 4.84. The summed E-state index contributed by atoms with van der Waals surface area (Å²) in [5, 5.41) is 0.143. The van der Waals surface area contributed by atoms with Gasteiger partial charge < -0.3 is 14.3 Å². The van der Waals surface area contributed by atoms with Gasteiger partial charge in [0.1, 0.15) is 10.5 Å². The number of halogens is 1. The van der Waals surface area contributed by atoms with Crippen LogP contribution in [0.4, 0.5) is 4.39 Å². The van der Waals surface area contributed by atoms with Crippen LogP contribution in [0.25, 0.3) is 11.0 Å². The average molecular weight is 416 g/mol. The lowest BCUT2D eigenvalue weighted by Gasteiger charge is -2.32. The standard InChI is InChI=1S/C20H22BFN2O4S/c1-12-6-8-13(9-7-12)29(25,26)17-15(22)11-24-18-16(17)14(10-23-18)21-27-19(2,3)20(4,5)28-21/h6-11H,1-5H3,(H,23,24). The van der Waals surface area contributed by atoms with Crippen LogP contribution in [0.2, 0.25) is 0 Å². The minimum absolute atomic E-state index is 0.00979. The number of benzene rings is 1. The number of pyridine rings is 1. The second-order valence-electron chi connectivity index (χ2n) is 8.31. The lowest BCUT2D eigenvalue weighted by Crippen LogP contribution is -2.41. The molecule has 3 heterocycles. The molecule has 3 aromatic rings. The largest absolute Gasteiger partial charge is 0.497 e. The molecule has 0 amide bonds. The summed E-state index contributed by atoms with van der Waals surface area (Å²) in [5.41, 5.74) is 0.303. The van der Waals surface area contributed by atoms with Gasteiger partial charge in [-0.1, -0.05) is 17.7 Å². The van der Waals surface area contributed by atoms with Crippen molar-refractivity contribution in [3.63, 3.8) is 0 Å². The van der Waals surface area contributed by atoms with Gasteiger partial charge in [-0.25, -0.2) is 17.8 Å². The third kappa shape index (κ3) is 3.08. The number of fused-ring (bicyclic) bond motifs is 1. The van der Waals surface area contributed by atoms with Crippen LogP contribution in [0.15, 0.2) is 46.5 Å². The van der Waals surface area contributed by atoms with Crippen LogP contribution in [-0.4, -0.2) is 36.7 Å². The first-order chi connectivity index (χ1) is 13.4. The first kappa shape index (κ1) is 20.1. The van der Waals surface area contributed by atoms with Crippen molar-refractivity contribution < 1.29 is 22.1 Å². The maximum Gasteiger partial charge on any atom is 0.497 e. The highest BCUT2D eigenvalue weighted by Crippen LogP contribution is 2.38. The van der Waals surface area contributed by atoms with Gasteiger partial charge in [-0.3, -0.25) is 0 Å². The second kappa shape index (κ2) is 6.39. The number of H-pyrrole nitrogens is 1. The monoisotopic (exact) mass is 416 g/mol. The molecule has 0 aliphatic carbocycles. The minimum Gasteiger partial charge on any atom is -0.399 e. The predicted octanol–water partition coefficient (Wildman–Crippen LogP) is 3.14. The van der Waals surface area contributed by atoms with Crippen molar-refractivity contribution in [2.45, 2.75) is 55.6 Å². The second-order valence-corrected chi connectivity index (χ2v) is 10.2. The fourth-order valence-electron chi connectivity index (χ4n) is 3.32. The number of hydrogen-bond donors (Lipinski definition) is 1. The molecule has 1 N–H and O–H groups in total. The Bertz CT molecular complexity index is 1190. The molecule has 0 spiro atoms. The molecule has 1 fully saturated rings. The van der Waals surface area contributed by atoms with E-state index in [1.54, 1.807) is 18.3 Å². The smallest absolute Gasteiger partial charge is 0.399 e. The maximum atomic E-state index is 14.9. The number of hydrogen-bond acceptors (Lipinski definition) is 5. The van der Waals surface area contributed by atoms with Crippen molar-refractivity contribution >= 4 is 33.5 Å². The number of nitrogens with zero attached hydrogens (tertiary/aromatic N) is 1. The maximum absolute atomic E-state index is 14.9. The van der Waals surface area contributed by atoms with Gasteiger partial charge in [-0.15, -0.1) is 0 Å². The third-order valence-corrected chi connectivity index (χ3v) is 7.58. The quantitative estimate of drug-likeness (QED) is 0.664. The number of aromatic nitrogens is 2. The molecule has 1 aliphatic heterocycles. The molecule has 1 saturated heterocycles. The summed E-state index contributed by atoms with van der Waals surface area (Å²) >= 11 is 0. The van der Waals surface area contributed by atoms with Crippen molar-refractivity contribution in [1.82, 2.24) is 9.97 Å². The van der Waals surface area contributed by atoms with Gasteiger partial charge in [0.05, 0.1) is 22.3 Å². The summed E-state index contributed by atoms with van der Waals surface area (Å²) in [6.45, 7) is 9.43. The SMILES string of the molecule is Cc1ccc(S(=O)(=O)c2c(F)cnc3[nH]cc(B4OC(C)(C)C(C)(C)O4)c23)cc1. The molecule has 0 radical (unpaired) electrons. The van der Waals surface area contributed by atoms with Crippen molar-refractivity contribution in [1.29, 1.82) is 0 Å². The van der Waals surface area contributed by atoms with Gasteiger partial charge in [0.25, 0.3) is 0 Å². The molecule has 9 heteroatoms. The average Bonchev–Trinajstić information content (AvgIpc) is 3.12. The Kier molecular flexibility index (Phi) is 4.42. The van der Waals surface area contributed by atoms with Crippen molar-refractivity contribution in [3.05, 3.63) is 48.0 Å². The van der Waals surface area contributed by atoms with Gasteiger partial charge in [-0.05, 0) is 46.8 Å². The summed E-state index contributed by atoms with van der Waals surface area (Å²) in [5.74, 6) is -0.921. The van der Waals surface area contributed by atoms with Crippen molar-refractivity contribution in [3.8, 4) is 0 Å². The Hall–Kier alpha value is -2.23. The topological polar surface area (TPSA) is 81.3 Å². The van der Waals surface area contributed by atoms with Crippen LogP contribution in [0.1, 0.15) is 33.3 Å². The van der Waals surface area contributed by atoms with Crippen LogP contribution in [0.3, 0.4) is 0 Å². The van der Waals surface area contributed by atoms with Crippen molar-refractivity contribution in [2.24, 2.45) is 0 Å². The van der Waals surface area contributed by atoms with E-state index in [-0.39, 0.29) is 15.9 Å². The molecule has 0 bridgehead atoms. The van der Waals surface area contributed by atoms with E-state index >= 15 is 0 Å². The molecular weight excluding hydrogens is 394 g/mol. The molecule has 2 aromatic heterocycles. The predicted molar refractivity (Wildman–Crippen MR) is 108 cm³/mol. The first-order valence-corrected chi connectivity index (χ1v) is 10.8. The van der Waals surface area contributed by atoms with E-state index in [1.807, 2.05) is 34.6 Å². The number of aromatic amines is 1. The fraction of sp³-hybridized carbons (Fsp3) is 0.350. The lowest BCUT2D eigenvalue weighted by molar-refractivity contribution is 0.00578. The highest BCUT2D eigenvalue weighted by Gasteiger charge is 2.52. The van der Waals surface area contributed by atoms with E-state index < -0.39 is 38.9 Å². The molecule has 1 aliphatic rings. The van der Waals surface area contributed by atoms with Gasteiger partial charge in [0.15, 0.2) is 5.82 Å². The molecule has 1 aromatic carbocycles. The van der Waals surface area contributed by atoms with E-state index in [4.69, 9.17) is 9.31 Å². The summed E-state index contributed by atoms with van der Waals surface area (Å²) < 4.78 is 53.7. The number of aryl methyl sites for hydroxylation is 1. The van der Waals surface area contributed by atoms with E-state index in [2.05, 4.69) is 9.97 Å². The molecule has 29 heavy (non-hydrogen) atoms. The highest BCUT2D eigenvalue weighted by atomic mass is 32.2. The van der Waals surface area contributed by atoms with Gasteiger partial charge in [0.2, 0.25) is 9.84 Å². The summed E-state index contributed by atoms with van der Waals surface area (Å²) in [4.78, 5) is 6.52. The Morgan fingerprint density at radius 3 is 2.24 bits per heavy atom. The van der Waals surface area contributed by atoms with E-state index in [0.717, 1.165) is 11.8 Å². The first-order valence-electron chi connectivity index (χ1n) is 9.27. The summed E-state index contributed by atoms with van der Waals surface area (Å²) in [7, 11) is -5.00. The zero-order valence-electron chi connectivity index (χ0n) is 16.9. The molecule has 6 nitrogen and oxygen atoms in total. The van der Waals surface area contributed by atoms with Crippen LogP contribution in [0.5, 0.6) is 0 Å². The normalized spacial score (nSPS) is 18.5. The number of sulfone groups is 1. The van der Waals surface area contributed by atoms with Crippen LogP contribution in [0, 0.1) is 12.7 Å². The Morgan fingerprint density at radius 1 is 1.07 bits per heavy atom. The van der Waals surface area contributed by atoms with Crippen LogP contribution < -0.4 is 5.46 Å². The van der Waals surface area contributed by atoms with Gasteiger partial charge in [-0.2, -0.15) is 0 Å². The molecule has 152 valence electrons. The number of rotatable bonds is 3. The van der Waals surface area contributed by atoms with Crippen molar-refractivity contribution in [2.75, 3.05) is 0 Å². The third-order valence-electron chi connectivity index (χ3n) is 5.75. The Labute approximate surface area is 169 Å². The molecule has 0 atom stereocenters. The molecule has 4 rings (SSSR count).